The zero-order chi connectivity index (χ0) is 57.1. The number of halogens is 2. The van der Waals surface area contributed by atoms with Gasteiger partial charge in [-0.2, -0.15) is 4.98 Å². The van der Waals surface area contributed by atoms with Crippen LogP contribution in [0.25, 0.3) is 0 Å². The summed E-state index contributed by atoms with van der Waals surface area (Å²) in [7, 11) is 6.32. The number of ether oxygens (including phenoxy) is 9. The van der Waals surface area contributed by atoms with Crippen LogP contribution in [0.3, 0.4) is 0 Å². The Balaban J connectivity index is 0.000000212. The number of hydrogen-bond donors (Lipinski definition) is 2. The van der Waals surface area contributed by atoms with Gasteiger partial charge in [0.1, 0.15) is 46.4 Å². The first-order chi connectivity index (χ1) is 39.2. The molecule has 0 spiro atoms. The first kappa shape index (κ1) is 61.6. The number of aromatic nitrogens is 4. The van der Waals surface area contributed by atoms with Crippen LogP contribution in [0, 0.1) is 0 Å². The maximum Gasteiger partial charge on any atom is 1.00 e. The van der Waals surface area contributed by atoms with E-state index in [9.17, 15) is 19.5 Å². The fourth-order valence-electron chi connectivity index (χ4n) is 10.8. The Morgan fingerprint density at radius 2 is 0.916 bits per heavy atom. The molecule has 8 atom stereocenters. The number of rotatable bonds is 17. The minimum Gasteiger partial charge on any atom is -0.870 e. The Kier molecular flexibility index (Phi) is 19.0. The average molecular weight is 1150 g/mol. The summed E-state index contributed by atoms with van der Waals surface area (Å²) in [5.74, 6) is -2.14. The van der Waals surface area contributed by atoms with E-state index in [0.29, 0.717) is 39.7 Å². The van der Waals surface area contributed by atoms with E-state index in [-0.39, 0.29) is 53.9 Å². The first-order valence-corrected chi connectivity index (χ1v) is 26.2. The molecule has 0 aliphatic carbocycles. The monoisotopic (exact) mass is 1150 g/mol. The van der Waals surface area contributed by atoms with Crippen LogP contribution in [0.2, 0.25) is 0 Å². The number of nitrogens with one attached hydrogen (secondary N) is 1. The van der Waals surface area contributed by atoms with Crippen molar-refractivity contribution in [3.05, 3.63) is 247 Å². The minimum atomic E-state index is -2.50. The van der Waals surface area contributed by atoms with Gasteiger partial charge in [0.25, 0.3) is 11.1 Å². The summed E-state index contributed by atoms with van der Waals surface area (Å²) < 4.78 is 89.2. The van der Waals surface area contributed by atoms with E-state index in [4.69, 9.17) is 42.6 Å². The predicted molar refractivity (Wildman–Crippen MR) is 295 cm³/mol. The summed E-state index contributed by atoms with van der Waals surface area (Å²) in [6.07, 6.45) is -5.16. The molecule has 0 radical (unpaired) electrons. The van der Waals surface area contributed by atoms with Gasteiger partial charge in [-0.25, -0.2) is 13.6 Å². The van der Waals surface area contributed by atoms with Crippen molar-refractivity contribution in [3.63, 3.8) is 0 Å². The second-order valence-electron chi connectivity index (χ2n) is 19.4. The van der Waals surface area contributed by atoms with Crippen molar-refractivity contribution in [1.29, 1.82) is 0 Å². The van der Waals surface area contributed by atoms with Crippen molar-refractivity contribution < 1.29 is 91.6 Å². The second-order valence-corrected chi connectivity index (χ2v) is 19.4. The molecule has 0 amide bonds. The maximum absolute atomic E-state index is 16.8. The standard InChI is InChI=1S/C31H31FN2O7.C31H29FN2O6.Na.H2O/c1-4-30(32)27(26(36)28(41-30)34-19-18-25(35)33-29(34)37)40-31(20-8-6-5-7-9-20,21-10-14-23(38-2)15-11-21)22-12-16-24(39-3)17-13-22;1-4-30(32)27(26-28(40-30)34-19-18-25(35)33-29(34)38-26)39-31(20-8-6-5-7-9-20,21-10-14-23(36-2)15-11-21)22-12-16-24(37-3)17-13-22;;/h5-19,26-28,36H,4H2,1-3H3,(H,33,35,37);5-19,26-28H,4H2,1-3H3;;1H2/q;;+1;/p-1/t26-,27-,28+,30+;26?,27-,28+,30+;;/m00../s1. The predicted octanol–water partition coefficient (Wildman–Crippen LogP) is 5.73. The smallest absolute Gasteiger partial charge is 0.870 e. The van der Waals surface area contributed by atoms with Gasteiger partial charge < -0.3 is 53.2 Å². The maximum atomic E-state index is 16.8. The van der Waals surface area contributed by atoms with Gasteiger partial charge in [-0.3, -0.25) is 23.7 Å². The molecular weight excluding hydrogens is 1090 g/mol. The normalized spacial score (nSPS) is 22.3. The molecule has 3 aliphatic heterocycles. The van der Waals surface area contributed by atoms with Crippen molar-refractivity contribution in [2.45, 2.75) is 86.5 Å². The van der Waals surface area contributed by atoms with Gasteiger partial charge in [0.05, 0.1) is 28.4 Å². The van der Waals surface area contributed by atoms with E-state index < -0.39 is 76.6 Å². The zero-order valence-corrected chi connectivity index (χ0v) is 48.6. The van der Waals surface area contributed by atoms with Crippen LogP contribution >= 0.6 is 0 Å². The van der Waals surface area contributed by atoms with Crippen LogP contribution in [-0.2, 0) is 30.1 Å². The third-order valence-corrected chi connectivity index (χ3v) is 15.0. The molecule has 2 saturated heterocycles. The molecule has 83 heavy (non-hydrogen) atoms. The number of methoxy groups -OCH3 is 4. The van der Waals surface area contributed by atoms with Crippen LogP contribution in [0.5, 0.6) is 29.0 Å². The topological polar surface area (TPSA) is 223 Å². The molecule has 18 nitrogen and oxygen atoms in total. The van der Waals surface area contributed by atoms with Gasteiger partial charge in [0.15, 0.2) is 24.7 Å². The largest absolute Gasteiger partial charge is 1.00 e. The molecule has 2 aromatic heterocycles. The summed E-state index contributed by atoms with van der Waals surface area (Å²) >= 11 is 0. The molecule has 6 aromatic carbocycles. The number of fused-ring (bicyclic) bond motifs is 3. The molecule has 3 aliphatic rings. The quantitative estimate of drug-likeness (QED) is 0.0821. The van der Waals surface area contributed by atoms with E-state index >= 15 is 8.78 Å². The first-order valence-electron chi connectivity index (χ1n) is 26.2. The van der Waals surface area contributed by atoms with Crippen molar-refractivity contribution >= 4 is 0 Å². The Hall–Kier alpha value is -7.50. The third-order valence-electron chi connectivity index (χ3n) is 15.0. The zero-order valence-electron chi connectivity index (χ0n) is 46.6. The van der Waals surface area contributed by atoms with Crippen molar-refractivity contribution in [3.8, 4) is 29.0 Å². The molecular formula is C62H61F2N4NaO14. The minimum absolute atomic E-state index is 0. The van der Waals surface area contributed by atoms with Gasteiger partial charge in [-0.05, 0) is 81.9 Å². The number of benzene rings is 6. The van der Waals surface area contributed by atoms with E-state index in [1.165, 1.54) is 16.8 Å². The van der Waals surface area contributed by atoms with Crippen LogP contribution in [0.4, 0.5) is 8.78 Å². The Labute approximate surface area is 498 Å². The number of aliphatic hydroxyl groups is 1. The number of alkyl halides is 2. The number of nitrogens with zero attached hydrogens (tertiary/aromatic N) is 3. The van der Waals surface area contributed by atoms with Crippen molar-refractivity contribution in [1.82, 2.24) is 19.1 Å². The number of H-pyrrole nitrogens is 1. The summed E-state index contributed by atoms with van der Waals surface area (Å²) in [5.41, 5.74) is -0.501. The fraction of sp³-hybridized carbons (Fsp3) is 0.290. The SMILES string of the molecule is CC[C@@]1(F)O[C@@H](n2ccc(=O)[nH]c2=O)[C@@H](O)[C@@H]1OC(c1ccccc1)(c1ccc(OC)cc1)c1ccc(OC)cc1.CC[C@@]1(F)O[C@@H]2C(Oc3nc(=O)ccn32)[C@@H]1OC(c1ccccc1)(c1ccc(OC)cc1)c1ccc(OC)cc1.[Na+].[OH-]. The molecule has 3 N–H and O–H groups in total. The van der Waals surface area contributed by atoms with E-state index in [2.05, 4.69) is 9.97 Å². The van der Waals surface area contributed by atoms with Gasteiger partial charge >= 0.3 is 41.3 Å². The molecule has 21 heteroatoms. The van der Waals surface area contributed by atoms with Gasteiger partial charge in [0, 0.05) is 37.4 Å². The van der Waals surface area contributed by atoms with Crippen molar-refractivity contribution in [2.24, 2.45) is 0 Å². The Morgan fingerprint density at radius 1 is 0.542 bits per heavy atom. The van der Waals surface area contributed by atoms with Crippen molar-refractivity contribution in [2.75, 3.05) is 28.4 Å². The van der Waals surface area contributed by atoms with Gasteiger partial charge in [-0.15, -0.1) is 0 Å². The Bertz CT molecular complexity index is 3520. The number of hydrogen-bond acceptors (Lipinski definition) is 15. The van der Waals surface area contributed by atoms with E-state index in [1.54, 1.807) is 66.6 Å². The summed E-state index contributed by atoms with van der Waals surface area (Å²) in [6.45, 7) is 3.26. The molecule has 1 unspecified atom stereocenters. The van der Waals surface area contributed by atoms with Crippen LogP contribution in [0.15, 0.2) is 197 Å². The fourth-order valence-corrected chi connectivity index (χ4v) is 10.8. The average Bonchev–Trinajstić information content (AvgIpc) is 4.08. The molecule has 428 valence electrons. The van der Waals surface area contributed by atoms with Crippen LogP contribution < -0.4 is 70.0 Å². The number of aliphatic hydroxyl groups excluding tert-OH is 1. The molecule has 11 rings (SSSR count). The third kappa shape index (κ3) is 11.5. The van der Waals surface area contributed by atoms with E-state index in [0.717, 1.165) is 33.5 Å². The van der Waals surface area contributed by atoms with Crippen LogP contribution in [0.1, 0.15) is 72.5 Å². The molecule has 0 bridgehead atoms. The van der Waals surface area contributed by atoms with Crippen LogP contribution in [-0.4, -0.2) is 94.2 Å². The Morgan fingerprint density at radius 3 is 1.31 bits per heavy atom. The van der Waals surface area contributed by atoms with Gasteiger partial charge in [-0.1, -0.05) is 123 Å². The summed E-state index contributed by atoms with van der Waals surface area (Å²) in [4.78, 5) is 42.2. The molecule has 5 heterocycles. The summed E-state index contributed by atoms with van der Waals surface area (Å²) in [5, 5.41) is 11.5. The molecule has 2 fully saturated rings. The molecule has 0 saturated carbocycles. The number of aromatic amines is 1. The second kappa shape index (κ2) is 25.6. The van der Waals surface area contributed by atoms with E-state index in [1.807, 2.05) is 133 Å². The molecule has 8 aromatic rings. The summed E-state index contributed by atoms with van der Waals surface area (Å²) in [6, 6.07) is 50.6. The van der Waals surface area contributed by atoms with Gasteiger partial charge in [0.2, 0.25) is 11.7 Å².